The average Bonchev–Trinajstić information content (AvgIpc) is 2.32. The zero-order valence-corrected chi connectivity index (χ0v) is 10.7. The topological polar surface area (TPSA) is 46.0 Å². The summed E-state index contributed by atoms with van der Waals surface area (Å²) in [6.07, 6.45) is 0. The number of benzene rings is 1. The van der Waals surface area contributed by atoms with Crippen molar-refractivity contribution in [2.45, 2.75) is 13.5 Å². The second-order valence-corrected chi connectivity index (χ2v) is 4.47. The first kappa shape index (κ1) is 12.1. The SMILES string of the molecule is Cc1cc(CO)nc(-c2ccc(F)c(Br)c2)n1. The summed E-state index contributed by atoms with van der Waals surface area (Å²) in [4.78, 5) is 8.45. The molecule has 3 nitrogen and oxygen atoms in total. The van der Waals surface area contributed by atoms with Crippen molar-refractivity contribution in [2.75, 3.05) is 0 Å². The molecule has 0 atom stereocenters. The number of hydrogen-bond acceptors (Lipinski definition) is 3. The van der Waals surface area contributed by atoms with E-state index in [1.54, 1.807) is 18.2 Å². The third kappa shape index (κ3) is 2.68. The summed E-state index contributed by atoms with van der Waals surface area (Å²) in [5, 5.41) is 9.07. The average molecular weight is 297 g/mol. The fraction of sp³-hybridized carbons (Fsp3) is 0.167. The number of aliphatic hydroxyl groups excluding tert-OH is 1. The molecular weight excluding hydrogens is 287 g/mol. The van der Waals surface area contributed by atoms with Crippen LogP contribution in [0.1, 0.15) is 11.4 Å². The maximum atomic E-state index is 13.1. The van der Waals surface area contributed by atoms with Gasteiger partial charge < -0.3 is 5.11 Å². The van der Waals surface area contributed by atoms with E-state index in [1.165, 1.54) is 6.07 Å². The number of aryl methyl sites for hydroxylation is 1. The predicted octanol–water partition coefficient (Wildman–Crippen LogP) is 2.85. The van der Waals surface area contributed by atoms with Gasteiger partial charge in [-0.3, -0.25) is 0 Å². The van der Waals surface area contributed by atoms with Crippen molar-refractivity contribution < 1.29 is 9.50 Å². The summed E-state index contributed by atoms with van der Waals surface area (Å²) in [6.45, 7) is 1.68. The fourth-order valence-corrected chi connectivity index (χ4v) is 1.86. The quantitative estimate of drug-likeness (QED) is 0.927. The van der Waals surface area contributed by atoms with Gasteiger partial charge in [0.05, 0.1) is 16.8 Å². The lowest BCUT2D eigenvalue weighted by molar-refractivity contribution is 0.276. The van der Waals surface area contributed by atoms with Gasteiger partial charge in [-0.15, -0.1) is 0 Å². The highest BCUT2D eigenvalue weighted by Crippen LogP contribution is 2.23. The van der Waals surface area contributed by atoms with Crippen LogP contribution >= 0.6 is 15.9 Å². The van der Waals surface area contributed by atoms with E-state index in [4.69, 9.17) is 5.11 Å². The van der Waals surface area contributed by atoms with Gasteiger partial charge >= 0.3 is 0 Å². The van der Waals surface area contributed by atoms with Crippen LogP contribution in [0.2, 0.25) is 0 Å². The molecular formula is C12H10BrFN2O. The Hall–Kier alpha value is -1.33. The van der Waals surface area contributed by atoms with Gasteiger partial charge in [0.1, 0.15) is 5.82 Å². The van der Waals surface area contributed by atoms with Crippen LogP contribution in [-0.2, 0) is 6.61 Å². The van der Waals surface area contributed by atoms with Crippen LogP contribution in [0.5, 0.6) is 0 Å². The number of aromatic nitrogens is 2. The minimum absolute atomic E-state index is 0.140. The molecule has 1 heterocycles. The van der Waals surface area contributed by atoms with Crippen molar-refractivity contribution in [1.82, 2.24) is 9.97 Å². The molecule has 0 aliphatic carbocycles. The number of hydrogen-bond donors (Lipinski definition) is 1. The van der Waals surface area contributed by atoms with Crippen molar-refractivity contribution in [3.8, 4) is 11.4 Å². The number of halogens is 2. The van der Waals surface area contributed by atoms with Gasteiger partial charge in [-0.25, -0.2) is 14.4 Å². The van der Waals surface area contributed by atoms with Crippen molar-refractivity contribution in [2.24, 2.45) is 0 Å². The highest BCUT2D eigenvalue weighted by Gasteiger charge is 2.07. The first-order valence-corrected chi connectivity index (χ1v) is 5.80. The van der Waals surface area contributed by atoms with Crippen LogP contribution in [-0.4, -0.2) is 15.1 Å². The second kappa shape index (κ2) is 4.89. The van der Waals surface area contributed by atoms with Crippen molar-refractivity contribution >= 4 is 15.9 Å². The third-order valence-electron chi connectivity index (χ3n) is 2.25. The Balaban J connectivity index is 2.52. The predicted molar refractivity (Wildman–Crippen MR) is 65.8 cm³/mol. The second-order valence-electron chi connectivity index (χ2n) is 3.61. The largest absolute Gasteiger partial charge is 0.390 e. The molecule has 1 aromatic heterocycles. The molecule has 0 amide bonds. The Morgan fingerprint density at radius 3 is 2.71 bits per heavy atom. The maximum Gasteiger partial charge on any atom is 0.159 e. The number of aliphatic hydroxyl groups is 1. The highest BCUT2D eigenvalue weighted by molar-refractivity contribution is 9.10. The first-order chi connectivity index (χ1) is 8.10. The van der Waals surface area contributed by atoms with Crippen LogP contribution in [0.15, 0.2) is 28.7 Å². The molecule has 0 aliphatic rings. The lowest BCUT2D eigenvalue weighted by Gasteiger charge is -2.05. The molecule has 0 saturated carbocycles. The number of nitrogens with zero attached hydrogens (tertiary/aromatic N) is 2. The molecule has 0 aliphatic heterocycles. The Bertz CT molecular complexity index is 560. The van der Waals surface area contributed by atoms with E-state index in [2.05, 4.69) is 25.9 Å². The molecule has 2 rings (SSSR count). The number of rotatable bonds is 2. The van der Waals surface area contributed by atoms with Crippen molar-refractivity contribution in [3.05, 3.63) is 45.9 Å². The standard InChI is InChI=1S/C12H10BrFN2O/c1-7-4-9(6-17)16-12(15-7)8-2-3-11(14)10(13)5-8/h2-5,17H,6H2,1H3. The van der Waals surface area contributed by atoms with Gasteiger partial charge in [-0.2, -0.15) is 0 Å². The molecule has 5 heteroatoms. The van der Waals surface area contributed by atoms with E-state index in [-0.39, 0.29) is 12.4 Å². The Kier molecular flexibility index (Phi) is 3.49. The van der Waals surface area contributed by atoms with Gasteiger partial charge in [-0.1, -0.05) is 0 Å². The fourth-order valence-electron chi connectivity index (χ4n) is 1.48. The Morgan fingerprint density at radius 1 is 1.29 bits per heavy atom. The minimum atomic E-state index is -0.330. The third-order valence-corrected chi connectivity index (χ3v) is 2.85. The van der Waals surface area contributed by atoms with E-state index in [9.17, 15) is 4.39 Å². The van der Waals surface area contributed by atoms with E-state index in [0.717, 1.165) is 5.69 Å². The van der Waals surface area contributed by atoms with Crippen molar-refractivity contribution in [3.63, 3.8) is 0 Å². The molecule has 17 heavy (non-hydrogen) atoms. The Morgan fingerprint density at radius 2 is 2.06 bits per heavy atom. The summed E-state index contributed by atoms with van der Waals surface area (Å²) in [5.41, 5.74) is 2.02. The van der Waals surface area contributed by atoms with Crippen LogP contribution < -0.4 is 0 Å². The van der Waals surface area contributed by atoms with Gasteiger partial charge in [0.2, 0.25) is 0 Å². The molecule has 0 fully saturated rings. The molecule has 0 radical (unpaired) electrons. The van der Waals surface area contributed by atoms with Gasteiger partial charge in [0, 0.05) is 11.3 Å². The zero-order valence-electron chi connectivity index (χ0n) is 9.11. The molecule has 88 valence electrons. The molecule has 2 aromatic rings. The molecule has 1 N–H and O–H groups in total. The zero-order chi connectivity index (χ0) is 12.4. The molecule has 0 saturated heterocycles. The van der Waals surface area contributed by atoms with Crippen LogP contribution in [0.3, 0.4) is 0 Å². The summed E-state index contributed by atoms with van der Waals surface area (Å²) in [5.74, 6) is 0.151. The van der Waals surface area contributed by atoms with Crippen LogP contribution in [0.4, 0.5) is 4.39 Å². The molecule has 1 aromatic carbocycles. The molecule has 0 unspecified atom stereocenters. The van der Waals surface area contributed by atoms with E-state index >= 15 is 0 Å². The van der Waals surface area contributed by atoms with E-state index < -0.39 is 0 Å². The van der Waals surface area contributed by atoms with E-state index in [0.29, 0.717) is 21.6 Å². The van der Waals surface area contributed by atoms with Gasteiger partial charge in [0.25, 0.3) is 0 Å². The molecule has 0 spiro atoms. The monoisotopic (exact) mass is 296 g/mol. The highest BCUT2D eigenvalue weighted by atomic mass is 79.9. The van der Waals surface area contributed by atoms with Crippen LogP contribution in [0.25, 0.3) is 11.4 Å². The molecule has 0 bridgehead atoms. The van der Waals surface area contributed by atoms with Gasteiger partial charge in [-0.05, 0) is 47.1 Å². The van der Waals surface area contributed by atoms with Crippen molar-refractivity contribution in [1.29, 1.82) is 0 Å². The summed E-state index contributed by atoms with van der Waals surface area (Å²) < 4.78 is 13.5. The maximum absolute atomic E-state index is 13.1. The lowest BCUT2D eigenvalue weighted by Crippen LogP contribution is -1.98. The summed E-state index contributed by atoms with van der Waals surface area (Å²) in [6, 6.07) is 6.28. The smallest absolute Gasteiger partial charge is 0.159 e. The van der Waals surface area contributed by atoms with Crippen LogP contribution in [0, 0.1) is 12.7 Å². The lowest BCUT2D eigenvalue weighted by atomic mass is 10.2. The summed E-state index contributed by atoms with van der Waals surface area (Å²) >= 11 is 3.12. The summed E-state index contributed by atoms with van der Waals surface area (Å²) in [7, 11) is 0. The van der Waals surface area contributed by atoms with E-state index in [1.807, 2.05) is 6.92 Å². The first-order valence-electron chi connectivity index (χ1n) is 5.01. The Labute approximate surface area is 106 Å². The normalized spacial score (nSPS) is 10.6. The van der Waals surface area contributed by atoms with Gasteiger partial charge in [0.15, 0.2) is 5.82 Å². The minimum Gasteiger partial charge on any atom is -0.390 e.